The van der Waals surface area contributed by atoms with Crippen LogP contribution in [-0.4, -0.2) is 35.9 Å². The van der Waals surface area contributed by atoms with Gasteiger partial charge in [0, 0.05) is 29.6 Å². The van der Waals surface area contributed by atoms with Crippen LogP contribution in [0.3, 0.4) is 0 Å². The van der Waals surface area contributed by atoms with Crippen molar-refractivity contribution in [3.8, 4) is 6.07 Å². The minimum absolute atomic E-state index is 0.174. The third-order valence-corrected chi connectivity index (χ3v) is 4.15. The van der Waals surface area contributed by atoms with Crippen LogP contribution < -0.4 is 5.43 Å². The fraction of sp³-hybridized carbons (Fsp3) is 0.375. The maximum atomic E-state index is 12.4. The Balaban J connectivity index is 2.61. The molecule has 0 fully saturated rings. The summed E-state index contributed by atoms with van der Waals surface area (Å²) in [6.07, 6.45) is 1.67. The molecule has 0 unspecified atom stereocenters. The highest BCUT2D eigenvalue weighted by Crippen LogP contribution is 2.22. The molecule has 0 saturated carbocycles. The molecule has 0 saturated heterocycles. The summed E-state index contributed by atoms with van der Waals surface area (Å²) in [5, 5.41) is 9.80. The van der Waals surface area contributed by atoms with Crippen LogP contribution in [0, 0.1) is 11.3 Å². The Morgan fingerprint density at radius 3 is 2.76 bits per heavy atom. The number of benzene rings is 1. The summed E-state index contributed by atoms with van der Waals surface area (Å²) in [5.41, 5.74) is 0.924. The fourth-order valence-corrected chi connectivity index (χ4v) is 2.90. The third kappa shape index (κ3) is 3.46. The Labute approximate surface area is 129 Å². The van der Waals surface area contributed by atoms with Gasteiger partial charge in [0.2, 0.25) is 5.43 Å². The number of hydrogen-bond acceptors (Lipinski definition) is 4. The van der Waals surface area contributed by atoms with Crippen molar-refractivity contribution in [1.29, 1.82) is 5.26 Å². The molecular formula is C16H19N3OS. The van der Waals surface area contributed by atoms with E-state index in [-0.39, 0.29) is 11.0 Å². The van der Waals surface area contributed by atoms with Gasteiger partial charge in [0.05, 0.1) is 5.52 Å². The summed E-state index contributed by atoms with van der Waals surface area (Å²) in [5.74, 6) is 0.957. The van der Waals surface area contributed by atoms with E-state index in [9.17, 15) is 10.1 Å². The SMILES string of the molecule is CCSc1ccc2c(c1)c(=O)c(C#N)cn2CCN(C)C. The summed E-state index contributed by atoms with van der Waals surface area (Å²) in [6.45, 7) is 3.68. The van der Waals surface area contributed by atoms with E-state index in [0.717, 1.165) is 29.3 Å². The topological polar surface area (TPSA) is 49.0 Å². The highest BCUT2D eigenvalue weighted by molar-refractivity contribution is 7.99. The highest BCUT2D eigenvalue weighted by atomic mass is 32.2. The van der Waals surface area contributed by atoms with Gasteiger partial charge in [-0.1, -0.05) is 6.92 Å². The van der Waals surface area contributed by atoms with Crippen molar-refractivity contribution >= 4 is 22.7 Å². The number of pyridine rings is 1. The lowest BCUT2D eigenvalue weighted by atomic mass is 10.1. The summed E-state index contributed by atoms with van der Waals surface area (Å²) < 4.78 is 2.00. The minimum atomic E-state index is -0.174. The summed E-state index contributed by atoms with van der Waals surface area (Å²) in [7, 11) is 4.01. The van der Waals surface area contributed by atoms with Crippen molar-refractivity contribution in [2.24, 2.45) is 0 Å². The molecule has 2 aromatic rings. The van der Waals surface area contributed by atoms with E-state index in [1.165, 1.54) is 0 Å². The molecule has 2 rings (SSSR count). The molecule has 1 heterocycles. The smallest absolute Gasteiger partial charge is 0.207 e. The number of nitrogens with zero attached hydrogens (tertiary/aromatic N) is 3. The van der Waals surface area contributed by atoms with Crippen molar-refractivity contribution in [2.75, 3.05) is 26.4 Å². The number of rotatable bonds is 5. The molecule has 1 aromatic heterocycles. The monoisotopic (exact) mass is 301 g/mol. The predicted octanol–water partition coefficient (Wildman–Crippen LogP) is 2.55. The molecule has 0 amide bonds. The zero-order valence-electron chi connectivity index (χ0n) is 12.6. The Kier molecular flexibility index (Phi) is 5.05. The van der Waals surface area contributed by atoms with Gasteiger partial charge < -0.3 is 9.47 Å². The van der Waals surface area contributed by atoms with Crippen molar-refractivity contribution < 1.29 is 0 Å². The number of likely N-dealkylation sites (N-methyl/N-ethyl adjacent to an activating group) is 1. The van der Waals surface area contributed by atoms with Crippen LogP contribution in [0.1, 0.15) is 12.5 Å². The molecule has 0 N–H and O–H groups in total. The van der Waals surface area contributed by atoms with Gasteiger partial charge in [0.25, 0.3) is 0 Å². The molecule has 21 heavy (non-hydrogen) atoms. The van der Waals surface area contributed by atoms with Gasteiger partial charge in [-0.15, -0.1) is 11.8 Å². The summed E-state index contributed by atoms with van der Waals surface area (Å²) in [4.78, 5) is 15.5. The zero-order chi connectivity index (χ0) is 15.4. The first-order chi connectivity index (χ1) is 10.1. The minimum Gasteiger partial charge on any atom is -0.345 e. The van der Waals surface area contributed by atoms with Crippen molar-refractivity contribution in [1.82, 2.24) is 9.47 Å². The maximum absolute atomic E-state index is 12.4. The van der Waals surface area contributed by atoms with Gasteiger partial charge in [-0.3, -0.25) is 4.79 Å². The standard InChI is InChI=1S/C16H19N3OS/c1-4-21-13-5-6-15-14(9-13)16(20)12(10-17)11-19(15)8-7-18(2)3/h5-6,9,11H,4,7-8H2,1-3H3. The van der Waals surface area contributed by atoms with Gasteiger partial charge in [-0.05, 0) is 38.0 Å². The molecule has 4 nitrogen and oxygen atoms in total. The Hall–Kier alpha value is -1.77. The van der Waals surface area contributed by atoms with Crippen molar-refractivity contribution in [3.05, 3.63) is 40.2 Å². The van der Waals surface area contributed by atoms with Gasteiger partial charge in [-0.25, -0.2) is 0 Å². The second-order valence-electron chi connectivity index (χ2n) is 5.09. The molecule has 110 valence electrons. The first-order valence-electron chi connectivity index (χ1n) is 6.91. The predicted molar refractivity (Wildman–Crippen MR) is 87.9 cm³/mol. The Morgan fingerprint density at radius 2 is 2.14 bits per heavy atom. The van der Waals surface area contributed by atoms with Crippen LogP contribution in [-0.2, 0) is 6.54 Å². The van der Waals surface area contributed by atoms with E-state index in [1.807, 2.05) is 42.9 Å². The second-order valence-corrected chi connectivity index (χ2v) is 6.43. The van der Waals surface area contributed by atoms with Crippen LogP contribution in [0.5, 0.6) is 0 Å². The van der Waals surface area contributed by atoms with Crippen LogP contribution in [0.4, 0.5) is 0 Å². The van der Waals surface area contributed by atoms with Gasteiger partial charge in [0.15, 0.2) is 0 Å². The molecule has 0 spiro atoms. The van der Waals surface area contributed by atoms with E-state index >= 15 is 0 Å². The zero-order valence-corrected chi connectivity index (χ0v) is 13.4. The van der Waals surface area contributed by atoms with E-state index in [0.29, 0.717) is 5.39 Å². The summed E-state index contributed by atoms with van der Waals surface area (Å²) in [6, 6.07) is 7.93. The summed E-state index contributed by atoms with van der Waals surface area (Å²) >= 11 is 1.70. The average Bonchev–Trinajstić information content (AvgIpc) is 2.47. The molecule has 1 aromatic carbocycles. The number of nitriles is 1. The van der Waals surface area contributed by atoms with Crippen molar-refractivity contribution in [3.63, 3.8) is 0 Å². The van der Waals surface area contributed by atoms with Gasteiger partial charge >= 0.3 is 0 Å². The molecule has 5 heteroatoms. The third-order valence-electron chi connectivity index (χ3n) is 3.27. The first kappa shape index (κ1) is 15.6. The lowest BCUT2D eigenvalue weighted by molar-refractivity contribution is 0.386. The molecule has 0 aliphatic carbocycles. The van der Waals surface area contributed by atoms with Crippen LogP contribution in [0.2, 0.25) is 0 Å². The second kappa shape index (κ2) is 6.79. The van der Waals surface area contributed by atoms with E-state index in [4.69, 9.17) is 0 Å². The quantitative estimate of drug-likeness (QED) is 0.796. The van der Waals surface area contributed by atoms with Crippen molar-refractivity contribution in [2.45, 2.75) is 18.4 Å². The van der Waals surface area contributed by atoms with Crippen LogP contribution in [0.25, 0.3) is 10.9 Å². The number of aromatic nitrogens is 1. The molecule has 0 aliphatic rings. The normalized spacial score (nSPS) is 11.0. The Morgan fingerprint density at radius 1 is 1.38 bits per heavy atom. The highest BCUT2D eigenvalue weighted by Gasteiger charge is 2.10. The average molecular weight is 301 g/mol. The molecule has 0 atom stereocenters. The lowest BCUT2D eigenvalue weighted by Gasteiger charge is -2.15. The number of fused-ring (bicyclic) bond motifs is 1. The maximum Gasteiger partial charge on any atom is 0.207 e. The fourth-order valence-electron chi connectivity index (χ4n) is 2.21. The van der Waals surface area contributed by atoms with E-state index in [1.54, 1.807) is 18.0 Å². The van der Waals surface area contributed by atoms with Crippen LogP contribution >= 0.6 is 11.8 Å². The van der Waals surface area contributed by atoms with Gasteiger partial charge in [-0.2, -0.15) is 5.26 Å². The largest absolute Gasteiger partial charge is 0.345 e. The molecule has 0 bridgehead atoms. The number of hydrogen-bond donors (Lipinski definition) is 0. The van der Waals surface area contributed by atoms with E-state index < -0.39 is 0 Å². The molecule has 0 aliphatic heterocycles. The Bertz CT molecular complexity index is 743. The van der Waals surface area contributed by atoms with Crippen LogP contribution in [0.15, 0.2) is 34.1 Å². The number of thioether (sulfide) groups is 1. The molecular weight excluding hydrogens is 282 g/mol. The first-order valence-corrected chi connectivity index (χ1v) is 7.90. The lowest BCUT2D eigenvalue weighted by Crippen LogP contribution is -2.21. The van der Waals surface area contributed by atoms with E-state index in [2.05, 4.69) is 11.8 Å². The molecule has 0 radical (unpaired) electrons. The van der Waals surface area contributed by atoms with Gasteiger partial charge in [0.1, 0.15) is 11.6 Å².